The molecule has 1 aliphatic rings. The topological polar surface area (TPSA) is 23.6 Å². The van der Waals surface area contributed by atoms with Crippen LogP contribution in [-0.4, -0.2) is 48.4 Å². The second-order valence-electron chi connectivity index (χ2n) is 7.37. The van der Waals surface area contributed by atoms with Crippen molar-refractivity contribution < 1.29 is 4.79 Å². The Morgan fingerprint density at radius 1 is 1.10 bits per heavy atom. The van der Waals surface area contributed by atoms with E-state index in [4.69, 9.17) is 0 Å². The predicted octanol–water partition coefficient (Wildman–Crippen LogP) is 3.54. The minimum absolute atomic E-state index is 0.0900. The SMILES string of the molecule is CCCCN(CCN1CCCCC1)C(=O)CC(C)(C)C. The molecule has 0 atom stereocenters. The number of nitrogens with zero attached hydrogens (tertiary/aromatic N) is 2. The van der Waals surface area contributed by atoms with Crippen molar-refractivity contribution in [3.63, 3.8) is 0 Å². The third-order valence-electron chi connectivity index (χ3n) is 3.95. The lowest BCUT2D eigenvalue weighted by Gasteiger charge is -2.31. The Morgan fingerprint density at radius 2 is 1.75 bits per heavy atom. The lowest BCUT2D eigenvalue weighted by Crippen LogP contribution is -2.41. The number of hydrogen-bond acceptors (Lipinski definition) is 2. The van der Waals surface area contributed by atoms with Crippen LogP contribution >= 0.6 is 0 Å². The molecule has 0 radical (unpaired) electrons. The van der Waals surface area contributed by atoms with Gasteiger partial charge in [-0.3, -0.25) is 4.79 Å². The fourth-order valence-electron chi connectivity index (χ4n) is 2.72. The zero-order valence-electron chi connectivity index (χ0n) is 14.1. The molecular formula is C17H34N2O. The maximum absolute atomic E-state index is 12.4. The molecule has 0 aromatic heterocycles. The number of carbonyl (C=O) groups is 1. The molecule has 0 aromatic rings. The summed E-state index contributed by atoms with van der Waals surface area (Å²) in [5.41, 5.74) is 0.0900. The summed E-state index contributed by atoms with van der Waals surface area (Å²) in [7, 11) is 0. The molecule has 1 fully saturated rings. The largest absolute Gasteiger partial charge is 0.341 e. The second kappa shape index (κ2) is 8.66. The third kappa shape index (κ3) is 7.28. The highest BCUT2D eigenvalue weighted by atomic mass is 16.2. The second-order valence-corrected chi connectivity index (χ2v) is 7.37. The molecule has 0 bridgehead atoms. The predicted molar refractivity (Wildman–Crippen MR) is 85.9 cm³/mol. The van der Waals surface area contributed by atoms with Crippen molar-refractivity contribution in [1.29, 1.82) is 0 Å². The summed E-state index contributed by atoms with van der Waals surface area (Å²) in [5, 5.41) is 0. The molecule has 0 N–H and O–H groups in total. The molecule has 0 spiro atoms. The zero-order valence-corrected chi connectivity index (χ0v) is 14.1. The lowest BCUT2D eigenvalue weighted by molar-refractivity contribution is -0.133. The van der Waals surface area contributed by atoms with E-state index in [9.17, 15) is 4.79 Å². The first-order valence-corrected chi connectivity index (χ1v) is 8.42. The Bertz CT molecular complexity index is 277. The summed E-state index contributed by atoms with van der Waals surface area (Å²) >= 11 is 0. The van der Waals surface area contributed by atoms with Crippen molar-refractivity contribution in [2.24, 2.45) is 5.41 Å². The molecule has 0 aliphatic carbocycles. The number of carbonyl (C=O) groups excluding carboxylic acids is 1. The average Bonchev–Trinajstić information content (AvgIpc) is 2.38. The van der Waals surface area contributed by atoms with Gasteiger partial charge in [0.15, 0.2) is 0 Å². The van der Waals surface area contributed by atoms with Crippen molar-refractivity contribution >= 4 is 5.91 Å². The van der Waals surface area contributed by atoms with E-state index in [1.165, 1.54) is 32.4 Å². The molecule has 0 unspecified atom stereocenters. The lowest BCUT2D eigenvalue weighted by atomic mass is 9.91. The van der Waals surface area contributed by atoms with E-state index < -0.39 is 0 Å². The first-order chi connectivity index (χ1) is 9.42. The van der Waals surface area contributed by atoms with Gasteiger partial charge < -0.3 is 9.80 Å². The fraction of sp³-hybridized carbons (Fsp3) is 0.941. The number of hydrogen-bond donors (Lipinski definition) is 0. The Kier molecular flexibility index (Phi) is 7.57. The molecule has 1 saturated heterocycles. The molecule has 3 heteroatoms. The Hall–Kier alpha value is -0.570. The van der Waals surface area contributed by atoms with E-state index in [2.05, 4.69) is 37.5 Å². The molecule has 20 heavy (non-hydrogen) atoms. The van der Waals surface area contributed by atoms with Gasteiger partial charge in [0.1, 0.15) is 0 Å². The zero-order chi connectivity index (χ0) is 15.0. The maximum atomic E-state index is 12.4. The Labute approximate surface area is 125 Å². The van der Waals surface area contributed by atoms with Crippen LogP contribution < -0.4 is 0 Å². The van der Waals surface area contributed by atoms with Crippen LogP contribution in [0.5, 0.6) is 0 Å². The number of amides is 1. The summed E-state index contributed by atoms with van der Waals surface area (Å²) in [6.45, 7) is 14.0. The smallest absolute Gasteiger partial charge is 0.223 e. The molecule has 0 aromatic carbocycles. The molecule has 3 nitrogen and oxygen atoms in total. The van der Waals surface area contributed by atoms with Crippen molar-refractivity contribution in [1.82, 2.24) is 9.80 Å². The minimum atomic E-state index is 0.0900. The minimum Gasteiger partial charge on any atom is -0.341 e. The number of likely N-dealkylation sites (tertiary alicyclic amines) is 1. The van der Waals surface area contributed by atoms with Gasteiger partial charge in [0.2, 0.25) is 5.91 Å². The van der Waals surface area contributed by atoms with Crippen molar-refractivity contribution in [2.45, 2.75) is 66.2 Å². The number of piperidine rings is 1. The van der Waals surface area contributed by atoms with Crippen LogP contribution in [0.25, 0.3) is 0 Å². The first-order valence-electron chi connectivity index (χ1n) is 8.42. The van der Waals surface area contributed by atoms with E-state index in [1.54, 1.807) is 0 Å². The molecule has 1 heterocycles. The van der Waals surface area contributed by atoms with Crippen LogP contribution in [0.2, 0.25) is 0 Å². The van der Waals surface area contributed by atoms with Gasteiger partial charge in [-0.1, -0.05) is 40.5 Å². The van der Waals surface area contributed by atoms with E-state index in [1.807, 2.05) is 0 Å². The van der Waals surface area contributed by atoms with Gasteiger partial charge in [-0.05, 0) is 37.8 Å². The molecule has 1 amide bonds. The number of unbranched alkanes of at least 4 members (excludes halogenated alkanes) is 1. The van der Waals surface area contributed by atoms with E-state index in [0.717, 1.165) is 32.5 Å². The maximum Gasteiger partial charge on any atom is 0.223 e. The van der Waals surface area contributed by atoms with Crippen molar-refractivity contribution in [2.75, 3.05) is 32.7 Å². The molecule has 1 rings (SSSR count). The Morgan fingerprint density at radius 3 is 2.30 bits per heavy atom. The monoisotopic (exact) mass is 282 g/mol. The Balaban J connectivity index is 2.43. The van der Waals surface area contributed by atoms with Gasteiger partial charge in [-0.15, -0.1) is 0 Å². The van der Waals surface area contributed by atoms with E-state index >= 15 is 0 Å². The fourth-order valence-corrected chi connectivity index (χ4v) is 2.72. The van der Waals surface area contributed by atoms with E-state index in [-0.39, 0.29) is 5.41 Å². The first kappa shape index (κ1) is 17.5. The highest BCUT2D eigenvalue weighted by Crippen LogP contribution is 2.20. The van der Waals surface area contributed by atoms with Gasteiger partial charge in [0.25, 0.3) is 0 Å². The third-order valence-corrected chi connectivity index (χ3v) is 3.95. The summed E-state index contributed by atoms with van der Waals surface area (Å²) < 4.78 is 0. The van der Waals surface area contributed by atoms with Crippen LogP contribution in [-0.2, 0) is 4.79 Å². The number of rotatable bonds is 7. The summed E-state index contributed by atoms with van der Waals surface area (Å²) in [6.07, 6.45) is 6.96. The molecule has 118 valence electrons. The van der Waals surface area contributed by atoms with Gasteiger partial charge in [0, 0.05) is 26.1 Å². The average molecular weight is 282 g/mol. The normalized spacial score (nSPS) is 17.2. The van der Waals surface area contributed by atoms with Gasteiger partial charge in [-0.2, -0.15) is 0 Å². The summed E-state index contributed by atoms with van der Waals surface area (Å²) in [4.78, 5) is 17.1. The van der Waals surface area contributed by atoms with Gasteiger partial charge in [-0.25, -0.2) is 0 Å². The standard InChI is InChI=1S/C17H34N2O/c1-5-6-12-19(16(20)15-17(2,3)4)14-13-18-10-8-7-9-11-18/h5-15H2,1-4H3. The van der Waals surface area contributed by atoms with Gasteiger partial charge >= 0.3 is 0 Å². The van der Waals surface area contributed by atoms with Crippen LogP contribution in [0.1, 0.15) is 66.2 Å². The summed E-state index contributed by atoms with van der Waals surface area (Å²) in [5.74, 6) is 0.336. The highest BCUT2D eigenvalue weighted by Gasteiger charge is 2.21. The summed E-state index contributed by atoms with van der Waals surface area (Å²) in [6, 6.07) is 0. The van der Waals surface area contributed by atoms with Gasteiger partial charge in [0.05, 0.1) is 0 Å². The van der Waals surface area contributed by atoms with Crippen molar-refractivity contribution in [3.8, 4) is 0 Å². The molecule has 0 saturated carbocycles. The van der Waals surface area contributed by atoms with E-state index in [0.29, 0.717) is 12.3 Å². The van der Waals surface area contributed by atoms with Crippen molar-refractivity contribution in [3.05, 3.63) is 0 Å². The van der Waals surface area contributed by atoms with Crippen LogP contribution in [0, 0.1) is 5.41 Å². The van der Waals surface area contributed by atoms with Crippen LogP contribution in [0.4, 0.5) is 0 Å². The highest BCUT2D eigenvalue weighted by molar-refractivity contribution is 5.76. The van der Waals surface area contributed by atoms with Crippen LogP contribution in [0.3, 0.4) is 0 Å². The van der Waals surface area contributed by atoms with Crippen LogP contribution in [0.15, 0.2) is 0 Å². The molecule has 1 aliphatic heterocycles. The quantitative estimate of drug-likeness (QED) is 0.713. The molecular weight excluding hydrogens is 248 g/mol.